The summed E-state index contributed by atoms with van der Waals surface area (Å²) >= 11 is 1.85. The van der Waals surface area contributed by atoms with Gasteiger partial charge in [-0.2, -0.15) is 0 Å². The topological polar surface area (TPSA) is 37.8 Å². The molecule has 19 heavy (non-hydrogen) atoms. The summed E-state index contributed by atoms with van der Waals surface area (Å²) in [6.07, 6.45) is 9.00. The summed E-state index contributed by atoms with van der Waals surface area (Å²) in [7, 11) is 0. The maximum Gasteiger partial charge on any atom is 0.120 e. The Morgan fingerprint density at radius 2 is 1.89 bits per heavy atom. The van der Waals surface area contributed by atoms with Gasteiger partial charge in [-0.25, -0.2) is 0 Å². The summed E-state index contributed by atoms with van der Waals surface area (Å²) in [5.74, 6) is 0.702. The van der Waals surface area contributed by atoms with E-state index in [4.69, 9.17) is 0 Å². The molecule has 1 heterocycles. The van der Waals surface area contributed by atoms with E-state index in [2.05, 4.69) is 36.3 Å². The Balaban J connectivity index is 1.74. The first-order chi connectivity index (χ1) is 9.04. The lowest BCUT2D eigenvalue weighted by atomic mass is 9.90. The zero-order valence-electron chi connectivity index (χ0n) is 12.5. The molecule has 1 aromatic rings. The van der Waals surface area contributed by atoms with Crippen molar-refractivity contribution in [3.63, 3.8) is 0 Å². The van der Waals surface area contributed by atoms with E-state index in [-0.39, 0.29) is 5.54 Å². The lowest BCUT2D eigenvalue weighted by Gasteiger charge is -2.20. The second-order valence-electron chi connectivity index (χ2n) is 6.65. The summed E-state index contributed by atoms with van der Waals surface area (Å²) < 4.78 is 0. The molecule has 0 bridgehead atoms. The molecule has 108 valence electrons. The molecule has 2 rings (SSSR count). The van der Waals surface area contributed by atoms with Crippen molar-refractivity contribution in [1.29, 1.82) is 0 Å². The van der Waals surface area contributed by atoms with E-state index >= 15 is 0 Å². The zero-order valence-corrected chi connectivity index (χ0v) is 13.4. The highest BCUT2D eigenvalue weighted by Crippen LogP contribution is 2.34. The molecule has 0 unspecified atom stereocenters. The molecular formula is C15H27N3S. The van der Waals surface area contributed by atoms with E-state index in [0.717, 1.165) is 19.4 Å². The number of aryl methyl sites for hydroxylation is 1. The van der Waals surface area contributed by atoms with Crippen LogP contribution in [0.1, 0.15) is 75.2 Å². The number of rotatable bonds is 5. The molecule has 1 fully saturated rings. The van der Waals surface area contributed by atoms with Gasteiger partial charge in [0.2, 0.25) is 0 Å². The van der Waals surface area contributed by atoms with Crippen molar-refractivity contribution in [3.8, 4) is 0 Å². The van der Waals surface area contributed by atoms with E-state index in [1.165, 1.54) is 42.1 Å². The van der Waals surface area contributed by atoms with Crippen LogP contribution in [0.25, 0.3) is 0 Å². The van der Waals surface area contributed by atoms with Gasteiger partial charge < -0.3 is 5.32 Å². The summed E-state index contributed by atoms with van der Waals surface area (Å²) in [5, 5.41) is 14.8. The van der Waals surface area contributed by atoms with Crippen LogP contribution in [0, 0.1) is 0 Å². The van der Waals surface area contributed by atoms with E-state index in [1.807, 2.05) is 11.3 Å². The third kappa shape index (κ3) is 5.19. The number of nitrogens with one attached hydrogen (secondary N) is 1. The standard InChI is InChI=1S/C15H27N3S/c1-15(2,3)16-11-7-10-13-17-18-14(19-13)12-8-5-4-6-9-12/h12,16H,4-11H2,1-3H3. The molecule has 3 nitrogen and oxygen atoms in total. The SMILES string of the molecule is CC(C)(C)NCCCc1nnc(C2CCCCC2)s1. The van der Waals surface area contributed by atoms with Gasteiger partial charge in [-0.05, 0) is 46.6 Å². The van der Waals surface area contributed by atoms with E-state index < -0.39 is 0 Å². The van der Waals surface area contributed by atoms with Gasteiger partial charge in [0.1, 0.15) is 10.0 Å². The van der Waals surface area contributed by atoms with Gasteiger partial charge in [0.15, 0.2) is 0 Å². The molecule has 0 atom stereocenters. The molecule has 1 aliphatic rings. The third-order valence-corrected chi connectivity index (χ3v) is 4.81. The van der Waals surface area contributed by atoms with Gasteiger partial charge in [-0.15, -0.1) is 21.5 Å². The van der Waals surface area contributed by atoms with E-state index in [9.17, 15) is 0 Å². The fourth-order valence-electron chi connectivity index (χ4n) is 2.59. The zero-order chi connectivity index (χ0) is 13.7. The molecule has 1 saturated carbocycles. The van der Waals surface area contributed by atoms with Crippen molar-refractivity contribution in [2.24, 2.45) is 0 Å². The van der Waals surface area contributed by atoms with Gasteiger partial charge in [0.05, 0.1) is 0 Å². The molecular weight excluding hydrogens is 254 g/mol. The minimum Gasteiger partial charge on any atom is -0.312 e. The monoisotopic (exact) mass is 281 g/mol. The predicted molar refractivity (Wildman–Crippen MR) is 81.8 cm³/mol. The van der Waals surface area contributed by atoms with Crippen LogP contribution < -0.4 is 5.32 Å². The summed E-state index contributed by atoms with van der Waals surface area (Å²) in [5.41, 5.74) is 0.217. The van der Waals surface area contributed by atoms with Gasteiger partial charge >= 0.3 is 0 Å². The van der Waals surface area contributed by atoms with Crippen molar-refractivity contribution in [2.75, 3.05) is 6.54 Å². The minimum absolute atomic E-state index is 0.217. The number of aromatic nitrogens is 2. The number of hydrogen-bond donors (Lipinski definition) is 1. The molecule has 0 aliphatic heterocycles. The second kappa shape index (κ2) is 6.80. The molecule has 0 saturated heterocycles. The molecule has 0 amide bonds. The Labute approximate surface area is 121 Å². The van der Waals surface area contributed by atoms with Crippen LogP contribution in [0.4, 0.5) is 0 Å². The number of nitrogens with zero attached hydrogens (tertiary/aromatic N) is 2. The van der Waals surface area contributed by atoms with Gasteiger partial charge in [0, 0.05) is 17.9 Å². The fraction of sp³-hybridized carbons (Fsp3) is 0.867. The Morgan fingerprint density at radius 1 is 1.16 bits per heavy atom. The molecule has 1 aromatic heterocycles. The minimum atomic E-state index is 0.217. The first kappa shape index (κ1) is 14.9. The van der Waals surface area contributed by atoms with Crippen LogP contribution in [-0.4, -0.2) is 22.3 Å². The van der Waals surface area contributed by atoms with Gasteiger partial charge in [0.25, 0.3) is 0 Å². The normalized spacial score (nSPS) is 17.8. The smallest absolute Gasteiger partial charge is 0.120 e. The first-order valence-corrected chi connectivity index (χ1v) is 8.43. The van der Waals surface area contributed by atoms with Crippen LogP contribution in [0.2, 0.25) is 0 Å². The quantitative estimate of drug-likeness (QED) is 0.832. The molecule has 4 heteroatoms. The lowest BCUT2D eigenvalue weighted by Crippen LogP contribution is -2.36. The highest BCUT2D eigenvalue weighted by molar-refractivity contribution is 7.11. The van der Waals surface area contributed by atoms with Crippen molar-refractivity contribution >= 4 is 11.3 Å². The third-order valence-electron chi connectivity index (χ3n) is 3.66. The first-order valence-electron chi connectivity index (χ1n) is 7.62. The Morgan fingerprint density at radius 3 is 2.58 bits per heavy atom. The lowest BCUT2D eigenvalue weighted by molar-refractivity contribution is 0.422. The fourth-order valence-corrected chi connectivity index (χ4v) is 3.64. The highest BCUT2D eigenvalue weighted by atomic mass is 32.1. The molecule has 0 spiro atoms. The second-order valence-corrected chi connectivity index (χ2v) is 7.74. The Bertz CT molecular complexity index is 375. The average molecular weight is 281 g/mol. The Hall–Kier alpha value is -0.480. The van der Waals surface area contributed by atoms with Crippen LogP contribution in [0.5, 0.6) is 0 Å². The number of hydrogen-bond acceptors (Lipinski definition) is 4. The summed E-state index contributed by atoms with van der Waals surface area (Å²) in [6.45, 7) is 7.68. The van der Waals surface area contributed by atoms with Crippen molar-refractivity contribution in [2.45, 2.75) is 77.2 Å². The summed E-state index contributed by atoms with van der Waals surface area (Å²) in [4.78, 5) is 0. The van der Waals surface area contributed by atoms with E-state index in [1.54, 1.807) is 0 Å². The van der Waals surface area contributed by atoms with Crippen molar-refractivity contribution in [3.05, 3.63) is 10.0 Å². The summed E-state index contributed by atoms with van der Waals surface area (Å²) in [6, 6.07) is 0. The molecule has 1 N–H and O–H groups in total. The predicted octanol–water partition coefficient (Wildman–Crippen LogP) is 3.91. The van der Waals surface area contributed by atoms with Crippen molar-refractivity contribution in [1.82, 2.24) is 15.5 Å². The van der Waals surface area contributed by atoms with Gasteiger partial charge in [-0.1, -0.05) is 19.3 Å². The van der Waals surface area contributed by atoms with Gasteiger partial charge in [-0.3, -0.25) is 0 Å². The molecule has 1 aliphatic carbocycles. The molecule has 0 aromatic carbocycles. The van der Waals surface area contributed by atoms with Crippen LogP contribution in [-0.2, 0) is 6.42 Å². The van der Waals surface area contributed by atoms with Crippen LogP contribution in [0.15, 0.2) is 0 Å². The maximum atomic E-state index is 4.42. The Kier molecular flexibility index (Phi) is 5.34. The highest BCUT2D eigenvalue weighted by Gasteiger charge is 2.19. The largest absolute Gasteiger partial charge is 0.312 e. The van der Waals surface area contributed by atoms with Crippen LogP contribution >= 0.6 is 11.3 Å². The van der Waals surface area contributed by atoms with Crippen LogP contribution in [0.3, 0.4) is 0 Å². The maximum absolute atomic E-state index is 4.42. The average Bonchev–Trinajstić information content (AvgIpc) is 2.83. The van der Waals surface area contributed by atoms with E-state index in [0.29, 0.717) is 5.92 Å². The molecule has 0 radical (unpaired) electrons. The van der Waals surface area contributed by atoms with Crippen molar-refractivity contribution < 1.29 is 0 Å².